The van der Waals surface area contributed by atoms with Gasteiger partial charge in [-0.1, -0.05) is 0 Å². The van der Waals surface area contributed by atoms with Gasteiger partial charge in [0.1, 0.15) is 5.76 Å². The summed E-state index contributed by atoms with van der Waals surface area (Å²) >= 11 is 0. The summed E-state index contributed by atoms with van der Waals surface area (Å²) in [5, 5.41) is 2.83. The first-order valence-corrected chi connectivity index (χ1v) is 6.08. The van der Waals surface area contributed by atoms with Crippen LogP contribution in [0.25, 0.3) is 0 Å². The van der Waals surface area contributed by atoms with E-state index in [9.17, 15) is 9.59 Å². The minimum atomic E-state index is -0.596. The zero-order chi connectivity index (χ0) is 14.0. The first-order chi connectivity index (χ1) is 8.95. The maximum atomic E-state index is 11.8. The first-order valence-electron chi connectivity index (χ1n) is 6.08. The largest absolute Gasteiger partial charge is 0.455 e. The Morgan fingerprint density at radius 1 is 1.58 bits per heavy atom. The molecule has 1 saturated heterocycles. The molecule has 2 rings (SSSR count). The Morgan fingerprint density at radius 2 is 2.32 bits per heavy atom. The molecule has 0 saturated carbocycles. The van der Waals surface area contributed by atoms with Crippen LogP contribution in [0.15, 0.2) is 16.5 Å². The molecule has 4 N–H and O–H groups in total. The number of furan rings is 1. The zero-order valence-corrected chi connectivity index (χ0v) is 11.0. The maximum absolute atomic E-state index is 11.8. The topological polar surface area (TPSA) is 101 Å². The van der Waals surface area contributed by atoms with Crippen molar-refractivity contribution in [3.8, 4) is 0 Å². The Labute approximate surface area is 111 Å². The molecule has 2 amide bonds. The van der Waals surface area contributed by atoms with Crippen LogP contribution < -0.4 is 16.6 Å². The first kappa shape index (κ1) is 13.6. The molecule has 1 aromatic heterocycles. The van der Waals surface area contributed by atoms with Gasteiger partial charge in [-0.3, -0.25) is 19.9 Å². The smallest absolute Gasteiger partial charge is 0.300 e. The molecule has 0 atom stereocenters. The van der Waals surface area contributed by atoms with Gasteiger partial charge in [0.05, 0.1) is 12.1 Å². The Kier molecular flexibility index (Phi) is 3.59. The highest BCUT2D eigenvalue weighted by molar-refractivity contribution is 5.90. The standard InChI is InChI=1S/C12H18N4O3/c1-12(2)11(18)14-5-6-16(12)7-8-3-4-9(19-8)10(17)15-13/h3-4H,5-7,13H2,1-2H3,(H,14,18)(H,15,17). The fourth-order valence-electron chi connectivity index (χ4n) is 2.06. The van der Waals surface area contributed by atoms with E-state index in [2.05, 4.69) is 5.32 Å². The van der Waals surface area contributed by atoms with E-state index in [1.54, 1.807) is 12.1 Å². The van der Waals surface area contributed by atoms with Crippen molar-refractivity contribution in [2.24, 2.45) is 5.84 Å². The van der Waals surface area contributed by atoms with Crippen molar-refractivity contribution < 1.29 is 14.0 Å². The van der Waals surface area contributed by atoms with Gasteiger partial charge in [0.2, 0.25) is 5.91 Å². The number of amides is 2. The van der Waals surface area contributed by atoms with E-state index >= 15 is 0 Å². The Balaban J connectivity index is 2.10. The van der Waals surface area contributed by atoms with Gasteiger partial charge in [-0.15, -0.1) is 0 Å². The van der Waals surface area contributed by atoms with Crippen molar-refractivity contribution in [2.75, 3.05) is 13.1 Å². The summed E-state index contributed by atoms with van der Waals surface area (Å²) < 4.78 is 5.40. The summed E-state index contributed by atoms with van der Waals surface area (Å²) in [5.41, 5.74) is 1.42. The summed E-state index contributed by atoms with van der Waals surface area (Å²) in [6.45, 7) is 5.53. The van der Waals surface area contributed by atoms with Crippen LogP contribution in [-0.4, -0.2) is 35.3 Å². The Hall–Kier alpha value is -1.86. The molecular weight excluding hydrogens is 248 g/mol. The third kappa shape index (κ3) is 2.61. The summed E-state index contributed by atoms with van der Waals surface area (Å²) in [5.74, 6) is 5.35. The molecule has 1 fully saturated rings. The maximum Gasteiger partial charge on any atom is 0.300 e. The van der Waals surface area contributed by atoms with Crippen LogP contribution in [-0.2, 0) is 11.3 Å². The lowest BCUT2D eigenvalue weighted by atomic mass is 9.99. The van der Waals surface area contributed by atoms with Crippen LogP contribution in [0.4, 0.5) is 0 Å². The average Bonchev–Trinajstić information content (AvgIpc) is 2.83. The number of hydrogen-bond acceptors (Lipinski definition) is 5. The second kappa shape index (κ2) is 5.02. The van der Waals surface area contributed by atoms with Crippen LogP contribution in [0.1, 0.15) is 30.2 Å². The minimum absolute atomic E-state index is 0.00905. The number of hydrogen-bond donors (Lipinski definition) is 3. The van der Waals surface area contributed by atoms with Crippen LogP contribution >= 0.6 is 0 Å². The van der Waals surface area contributed by atoms with Crippen LogP contribution in [0.3, 0.4) is 0 Å². The lowest BCUT2D eigenvalue weighted by Gasteiger charge is -2.40. The van der Waals surface area contributed by atoms with Gasteiger partial charge in [0, 0.05) is 13.1 Å². The number of carbonyl (C=O) groups is 2. The van der Waals surface area contributed by atoms with Crippen molar-refractivity contribution >= 4 is 11.8 Å². The van der Waals surface area contributed by atoms with Crippen LogP contribution in [0.5, 0.6) is 0 Å². The Bertz CT molecular complexity index is 495. The lowest BCUT2D eigenvalue weighted by Crippen LogP contribution is -2.61. The van der Waals surface area contributed by atoms with Gasteiger partial charge in [-0.05, 0) is 26.0 Å². The molecule has 1 aliphatic heterocycles. The molecule has 0 unspecified atom stereocenters. The normalized spacial score (nSPS) is 19.0. The van der Waals surface area contributed by atoms with E-state index in [0.29, 0.717) is 18.8 Å². The molecule has 19 heavy (non-hydrogen) atoms. The van der Waals surface area contributed by atoms with Gasteiger partial charge < -0.3 is 9.73 Å². The average molecular weight is 266 g/mol. The number of nitrogens with two attached hydrogens (primary N) is 1. The van der Waals surface area contributed by atoms with Gasteiger partial charge in [-0.25, -0.2) is 5.84 Å². The van der Waals surface area contributed by atoms with E-state index in [0.717, 1.165) is 6.54 Å². The number of nitrogens with one attached hydrogen (secondary N) is 2. The van der Waals surface area contributed by atoms with Crippen molar-refractivity contribution in [1.82, 2.24) is 15.6 Å². The lowest BCUT2D eigenvalue weighted by molar-refractivity contribution is -0.135. The fourth-order valence-corrected chi connectivity index (χ4v) is 2.06. The summed E-state index contributed by atoms with van der Waals surface area (Å²) in [7, 11) is 0. The number of carbonyl (C=O) groups excluding carboxylic acids is 2. The molecular formula is C12H18N4O3. The molecule has 104 valence electrons. The van der Waals surface area contributed by atoms with Gasteiger partial charge in [0.25, 0.3) is 0 Å². The second-order valence-electron chi connectivity index (χ2n) is 4.98. The SMILES string of the molecule is CC1(C)C(=O)NCCN1Cc1ccc(C(=O)NN)o1. The van der Waals surface area contributed by atoms with Crippen molar-refractivity contribution in [2.45, 2.75) is 25.9 Å². The number of nitrogen functional groups attached to an aromatic ring is 1. The van der Waals surface area contributed by atoms with Crippen molar-refractivity contribution in [3.63, 3.8) is 0 Å². The molecule has 0 bridgehead atoms. The molecule has 2 heterocycles. The molecule has 7 nitrogen and oxygen atoms in total. The molecule has 0 radical (unpaired) electrons. The molecule has 7 heteroatoms. The van der Waals surface area contributed by atoms with E-state index in [1.807, 2.05) is 24.2 Å². The number of hydrazine groups is 1. The summed E-state index contributed by atoms with van der Waals surface area (Å²) in [4.78, 5) is 25.1. The minimum Gasteiger partial charge on any atom is -0.455 e. The second-order valence-corrected chi connectivity index (χ2v) is 4.98. The predicted molar refractivity (Wildman–Crippen MR) is 67.9 cm³/mol. The molecule has 0 spiro atoms. The monoisotopic (exact) mass is 266 g/mol. The quantitative estimate of drug-likeness (QED) is 0.392. The molecule has 1 aromatic rings. The van der Waals surface area contributed by atoms with Crippen LogP contribution in [0.2, 0.25) is 0 Å². The predicted octanol–water partition coefficient (Wildman–Crippen LogP) is -0.406. The Morgan fingerprint density at radius 3 is 3.00 bits per heavy atom. The van der Waals surface area contributed by atoms with Crippen molar-refractivity contribution in [1.29, 1.82) is 0 Å². The van der Waals surface area contributed by atoms with E-state index in [4.69, 9.17) is 10.3 Å². The zero-order valence-electron chi connectivity index (χ0n) is 11.0. The third-order valence-corrected chi connectivity index (χ3v) is 3.38. The molecule has 1 aliphatic rings. The summed E-state index contributed by atoms with van der Waals surface area (Å²) in [6.07, 6.45) is 0. The highest BCUT2D eigenvalue weighted by Gasteiger charge is 2.37. The van der Waals surface area contributed by atoms with Gasteiger partial charge >= 0.3 is 5.91 Å². The van der Waals surface area contributed by atoms with Crippen LogP contribution in [0, 0.1) is 0 Å². The molecule has 0 aliphatic carbocycles. The molecule has 0 aromatic carbocycles. The van der Waals surface area contributed by atoms with E-state index in [1.165, 1.54) is 0 Å². The number of piperazine rings is 1. The highest BCUT2D eigenvalue weighted by atomic mass is 16.4. The van der Waals surface area contributed by atoms with Crippen molar-refractivity contribution in [3.05, 3.63) is 23.7 Å². The van der Waals surface area contributed by atoms with E-state index in [-0.39, 0.29) is 11.7 Å². The fraction of sp³-hybridized carbons (Fsp3) is 0.500. The van der Waals surface area contributed by atoms with E-state index < -0.39 is 11.4 Å². The van der Waals surface area contributed by atoms with Gasteiger partial charge in [0.15, 0.2) is 5.76 Å². The summed E-state index contributed by atoms with van der Waals surface area (Å²) in [6, 6.07) is 3.28. The third-order valence-electron chi connectivity index (χ3n) is 3.38. The van der Waals surface area contributed by atoms with Gasteiger partial charge in [-0.2, -0.15) is 0 Å². The number of rotatable bonds is 3. The number of nitrogens with zero attached hydrogens (tertiary/aromatic N) is 1. The highest BCUT2D eigenvalue weighted by Crippen LogP contribution is 2.21.